The number of hydrogen-bond donors (Lipinski definition) is 2. The molecule has 0 aliphatic rings. The Kier molecular flexibility index (Phi) is 3.96. The molecule has 0 atom stereocenters. The van der Waals surface area contributed by atoms with E-state index in [1.165, 1.54) is 0 Å². The zero-order valence-corrected chi connectivity index (χ0v) is 10.0. The van der Waals surface area contributed by atoms with Gasteiger partial charge in [0.25, 0.3) is 0 Å². The fourth-order valence-corrected chi connectivity index (χ4v) is 1.73. The van der Waals surface area contributed by atoms with Gasteiger partial charge >= 0.3 is 5.97 Å². The lowest BCUT2D eigenvalue weighted by atomic mass is 10.1. The van der Waals surface area contributed by atoms with Crippen molar-refractivity contribution in [3.05, 3.63) is 22.2 Å². The van der Waals surface area contributed by atoms with E-state index in [9.17, 15) is 4.79 Å². The van der Waals surface area contributed by atoms with Crippen LogP contribution >= 0.6 is 15.9 Å². The summed E-state index contributed by atoms with van der Waals surface area (Å²) in [6.07, 6.45) is 0.110. The maximum absolute atomic E-state index is 11.3. The molecule has 0 saturated carbocycles. The second-order valence-electron chi connectivity index (χ2n) is 3.04. The van der Waals surface area contributed by atoms with Crippen LogP contribution in [-0.2, 0) is 16.0 Å². The van der Waals surface area contributed by atoms with Crippen molar-refractivity contribution in [1.82, 2.24) is 0 Å². The predicted octanol–water partition coefficient (Wildman–Crippen LogP) is 1.72. The molecule has 0 saturated heterocycles. The summed E-state index contributed by atoms with van der Waals surface area (Å²) in [6, 6.07) is 3.43. The van der Waals surface area contributed by atoms with E-state index in [2.05, 4.69) is 15.9 Å². The lowest BCUT2D eigenvalue weighted by molar-refractivity contribution is -0.142. The number of carbonyl (C=O) groups excluding carboxylic acids is 1. The number of anilines is 2. The Morgan fingerprint density at radius 2 is 1.93 bits per heavy atom. The van der Waals surface area contributed by atoms with Crippen LogP contribution in [0.1, 0.15) is 12.5 Å². The summed E-state index contributed by atoms with van der Waals surface area (Å²) in [6.45, 7) is 2.11. The van der Waals surface area contributed by atoms with Crippen LogP contribution in [0.3, 0.4) is 0 Å². The first-order valence-electron chi connectivity index (χ1n) is 4.53. The van der Waals surface area contributed by atoms with Crippen molar-refractivity contribution >= 4 is 33.3 Å². The van der Waals surface area contributed by atoms with Crippen LogP contribution in [0.15, 0.2) is 16.6 Å². The van der Waals surface area contributed by atoms with Gasteiger partial charge in [-0.15, -0.1) is 0 Å². The van der Waals surface area contributed by atoms with E-state index in [1.807, 2.05) is 0 Å². The van der Waals surface area contributed by atoms with Gasteiger partial charge < -0.3 is 16.2 Å². The Balaban J connectivity index is 2.90. The maximum atomic E-state index is 11.3. The topological polar surface area (TPSA) is 78.3 Å². The van der Waals surface area contributed by atoms with Crippen molar-refractivity contribution in [2.75, 3.05) is 18.1 Å². The quantitative estimate of drug-likeness (QED) is 0.649. The summed E-state index contributed by atoms with van der Waals surface area (Å²) < 4.78 is 5.62. The molecule has 82 valence electrons. The number of carbonyl (C=O) groups is 1. The molecular formula is C10H13BrN2O2. The Labute approximate surface area is 96.7 Å². The Bertz CT molecular complexity index is 357. The molecule has 0 unspecified atom stereocenters. The van der Waals surface area contributed by atoms with E-state index in [0.29, 0.717) is 23.5 Å². The van der Waals surface area contributed by atoms with E-state index >= 15 is 0 Å². The molecular weight excluding hydrogens is 260 g/mol. The third-order valence-electron chi connectivity index (χ3n) is 1.91. The number of esters is 1. The van der Waals surface area contributed by atoms with Gasteiger partial charge in [-0.05, 0) is 19.1 Å². The first-order chi connectivity index (χ1) is 7.04. The summed E-state index contributed by atoms with van der Waals surface area (Å²) in [5, 5.41) is 0. The predicted molar refractivity (Wildman–Crippen MR) is 63.3 cm³/mol. The molecule has 0 radical (unpaired) electrons. The highest BCUT2D eigenvalue weighted by atomic mass is 79.9. The van der Waals surface area contributed by atoms with Crippen molar-refractivity contribution in [2.24, 2.45) is 0 Å². The molecule has 5 heteroatoms. The first-order valence-corrected chi connectivity index (χ1v) is 5.33. The lowest BCUT2D eigenvalue weighted by Gasteiger charge is -2.09. The zero-order chi connectivity index (χ0) is 11.4. The number of nitrogen functional groups attached to an aromatic ring is 2. The smallest absolute Gasteiger partial charge is 0.310 e. The van der Waals surface area contributed by atoms with Gasteiger partial charge in [-0.3, -0.25) is 4.79 Å². The molecule has 0 aliphatic carbocycles. The molecule has 0 amide bonds. The van der Waals surface area contributed by atoms with Crippen molar-refractivity contribution in [3.8, 4) is 0 Å². The number of hydrogen-bond acceptors (Lipinski definition) is 4. The normalized spacial score (nSPS) is 10.0. The number of halogens is 1. The van der Waals surface area contributed by atoms with Gasteiger partial charge in [0.05, 0.1) is 13.0 Å². The monoisotopic (exact) mass is 272 g/mol. The summed E-state index contributed by atoms with van der Waals surface area (Å²) in [7, 11) is 0. The van der Waals surface area contributed by atoms with Crippen LogP contribution in [0.4, 0.5) is 11.4 Å². The SMILES string of the molecule is CCOC(=O)Cc1c(N)cc(Br)cc1N. The molecule has 0 heterocycles. The molecule has 15 heavy (non-hydrogen) atoms. The Morgan fingerprint density at radius 1 is 1.40 bits per heavy atom. The van der Waals surface area contributed by atoms with Crippen molar-refractivity contribution in [1.29, 1.82) is 0 Å². The second kappa shape index (κ2) is 5.02. The fraction of sp³-hybridized carbons (Fsp3) is 0.300. The number of nitrogens with two attached hydrogens (primary N) is 2. The fourth-order valence-electron chi connectivity index (χ4n) is 1.24. The highest BCUT2D eigenvalue weighted by Crippen LogP contribution is 2.25. The van der Waals surface area contributed by atoms with Gasteiger partial charge in [0.15, 0.2) is 0 Å². The lowest BCUT2D eigenvalue weighted by Crippen LogP contribution is -2.11. The summed E-state index contributed by atoms with van der Waals surface area (Å²) in [5.74, 6) is -0.321. The molecule has 0 spiro atoms. The second-order valence-corrected chi connectivity index (χ2v) is 3.96. The van der Waals surface area contributed by atoms with Crippen LogP contribution in [0.25, 0.3) is 0 Å². The largest absolute Gasteiger partial charge is 0.466 e. The minimum absolute atomic E-state index is 0.110. The molecule has 4 N–H and O–H groups in total. The van der Waals surface area contributed by atoms with E-state index in [1.54, 1.807) is 19.1 Å². The maximum Gasteiger partial charge on any atom is 0.310 e. The molecule has 1 aromatic rings. The molecule has 4 nitrogen and oxygen atoms in total. The van der Waals surface area contributed by atoms with Gasteiger partial charge in [-0.25, -0.2) is 0 Å². The van der Waals surface area contributed by atoms with Crippen molar-refractivity contribution in [2.45, 2.75) is 13.3 Å². The first kappa shape index (κ1) is 11.8. The van der Waals surface area contributed by atoms with Crippen molar-refractivity contribution in [3.63, 3.8) is 0 Å². The average Bonchev–Trinajstić information content (AvgIpc) is 2.11. The highest BCUT2D eigenvalue weighted by molar-refractivity contribution is 9.10. The van der Waals surface area contributed by atoms with Crippen LogP contribution in [0.5, 0.6) is 0 Å². The van der Waals surface area contributed by atoms with Gasteiger partial charge in [0, 0.05) is 21.4 Å². The minimum Gasteiger partial charge on any atom is -0.466 e. The van der Waals surface area contributed by atoms with E-state index in [0.717, 1.165) is 4.47 Å². The molecule has 0 aliphatic heterocycles. The van der Waals surface area contributed by atoms with Gasteiger partial charge in [-0.1, -0.05) is 15.9 Å². The summed E-state index contributed by atoms with van der Waals surface area (Å²) in [4.78, 5) is 11.3. The number of ether oxygens (including phenoxy) is 1. The Morgan fingerprint density at radius 3 is 2.40 bits per heavy atom. The molecule has 0 aromatic heterocycles. The van der Waals surface area contributed by atoms with E-state index in [-0.39, 0.29) is 12.4 Å². The van der Waals surface area contributed by atoms with Crippen molar-refractivity contribution < 1.29 is 9.53 Å². The van der Waals surface area contributed by atoms with Gasteiger partial charge in [0.1, 0.15) is 0 Å². The zero-order valence-electron chi connectivity index (χ0n) is 8.42. The van der Waals surface area contributed by atoms with Crippen LogP contribution in [0.2, 0.25) is 0 Å². The average molecular weight is 273 g/mol. The molecule has 0 fully saturated rings. The third-order valence-corrected chi connectivity index (χ3v) is 2.37. The van der Waals surface area contributed by atoms with Gasteiger partial charge in [-0.2, -0.15) is 0 Å². The molecule has 0 bridgehead atoms. The minimum atomic E-state index is -0.321. The number of rotatable bonds is 3. The molecule has 1 rings (SSSR count). The summed E-state index contributed by atoms with van der Waals surface area (Å²) in [5.41, 5.74) is 13.1. The van der Waals surface area contributed by atoms with Crippen LogP contribution in [-0.4, -0.2) is 12.6 Å². The van der Waals surface area contributed by atoms with Gasteiger partial charge in [0.2, 0.25) is 0 Å². The Hall–Kier alpha value is -1.23. The molecule has 1 aromatic carbocycles. The highest BCUT2D eigenvalue weighted by Gasteiger charge is 2.11. The van der Waals surface area contributed by atoms with E-state index in [4.69, 9.17) is 16.2 Å². The van der Waals surface area contributed by atoms with Crippen LogP contribution in [0, 0.1) is 0 Å². The van der Waals surface area contributed by atoms with Crippen LogP contribution < -0.4 is 11.5 Å². The standard InChI is InChI=1S/C10H13BrN2O2/c1-2-15-10(14)5-7-8(12)3-6(11)4-9(7)13/h3-4H,2,5,12-13H2,1H3. The third kappa shape index (κ3) is 3.13. The number of benzene rings is 1. The summed E-state index contributed by atoms with van der Waals surface area (Å²) >= 11 is 3.27. The van der Waals surface area contributed by atoms with E-state index < -0.39 is 0 Å².